The van der Waals surface area contributed by atoms with Crippen molar-refractivity contribution in [2.24, 2.45) is 5.29 Å². The molecule has 8 heteroatoms. The van der Waals surface area contributed by atoms with Crippen molar-refractivity contribution < 1.29 is 0 Å². The molecule has 0 aliphatic carbocycles. The molecule has 3 N–H and O–H groups in total. The Balaban J connectivity index is 2.62. The third kappa shape index (κ3) is 2.36. The number of nitrogens with zero attached hydrogens (tertiary/aromatic N) is 2. The molecule has 0 amide bonds. The third-order valence-electron chi connectivity index (χ3n) is 3.35. The van der Waals surface area contributed by atoms with E-state index >= 15 is 0 Å². The standard InChI is InChI=1S/C12H16ClN5O2/c1-3-7(4-2)18-10-8(5-15-17-20)9(13)6-14-11(10)16-12(18)19/h5-7,14H,3-4H2,1-2H3,(H,15,20)(H,16,19). The summed E-state index contributed by atoms with van der Waals surface area (Å²) in [5.41, 5.74) is 3.20. The van der Waals surface area contributed by atoms with Crippen LogP contribution in [0.4, 0.5) is 5.82 Å². The van der Waals surface area contributed by atoms with E-state index in [9.17, 15) is 9.70 Å². The number of anilines is 1. The van der Waals surface area contributed by atoms with Crippen LogP contribution in [-0.4, -0.2) is 9.55 Å². The lowest BCUT2D eigenvalue weighted by Crippen LogP contribution is -2.24. The van der Waals surface area contributed by atoms with Crippen LogP contribution >= 0.6 is 11.6 Å². The summed E-state index contributed by atoms with van der Waals surface area (Å²) in [4.78, 5) is 25.2. The number of hydrogen-bond donors (Lipinski definition) is 3. The van der Waals surface area contributed by atoms with Gasteiger partial charge in [0.05, 0.1) is 16.0 Å². The van der Waals surface area contributed by atoms with Crippen molar-refractivity contribution in [2.75, 3.05) is 5.32 Å². The summed E-state index contributed by atoms with van der Waals surface area (Å²) in [5, 5.41) is 5.91. The van der Waals surface area contributed by atoms with E-state index in [4.69, 9.17) is 11.6 Å². The molecule has 0 atom stereocenters. The third-order valence-corrected chi connectivity index (χ3v) is 3.67. The molecule has 20 heavy (non-hydrogen) atoms. The van der Waals surface area contributed by atoms with Crippen molar-refractivity contribution in [3.8, 4) is 0 Å². The molecule has 1 aliphatic heterocycles. The van der Waals surface area contributed by atoms with Crippen molar-refractivity contribution in [1.82, 2.24) is 15.0 Å². The topological polar surface area (TPSA) is 91.3 Å². The number of rotatable bonds is 5. The molecule has 0 saturated carbocycles. The highest BCUT2D eigenvalue weighted by Crippen LogP contribution is 2.35. The van der Waals surface area contributed by atoms with Gasteiger partial charge in [0.2, 0.25) is 0 Å². The molecule has 0 aromatic carbocycles. The van der Waals surface area contributed by atoms with E-state index in [0.29, 0.717) is 22.1 Å². The first-order valence-corrected chi connectivity index (χ1v) is 6.77. The Morgan fingerprint density at radius 3 is 2.80 bits per heavy atom. The van der Waals surface area contributed by atoms with Crippen LogP contribution in [0.25, 0.3) is 5.57 Å². The molecule has 1 aromatic heterocycles. The average Bonchev–Trinajstić information content (AvgIpc) is 2.77. The largest absolute Gasteiger partial charge is 0.345 e. The molecular weight excluding hydrogens is 282 g/mol. The van der Waals surface area contributed by atoms with Crippen LogP contribution in [0.5, 0.6) is 0 Å². The molecule has 2 heterocycles. The first-order chi connectivity index (χ1) is 9.63. The maximum absolute atomic E-state index is 12.2. The number of imidazole rings is 1. The quantitative estimate of drug-likeness (QED) is 0.575. The van der Waals surface area contributed by atoms with Gasteiger partial charge in [0, 0.05) is 24.0 Å². The number of aromatic amines is 1. The summed E-state index contributed by atoms with van der Waals surface area (Å²) in [6.07, 6.45) is 4.57. The molecule has 1 aliphatic rings. The smallest absolute Gasteiger partial charge is 0.327 e. The number of H-pyrrole nitrogens is 1. The summed E-state index contributed by atoms with van der Waals surface area (Å²) in [5.74, 6) is 0.560. The number of hydrogen-bond acceptors (Lipinski definition) is 4. The Kier molecular flexibility index (Phi) is 4.29. The minimum absolute atomic E-state index is 0.0551. The Morgan fingerprint density at radius 1 is 1.50 bits per heavy atom. The summed E-state index contributed by atoms with van der Waals surface area (Å²) in [6.45, 7) is 4.03. The second-order valence-electron chi connectivity index (χ2n) is 4.41. The Bertz CT molecular complexity index is 624. The fourth-order valence-electron chi connectivity index (χ4n) is 2.37. The predicted octanol–water partition coefficient (Wildman–Crippen LogP) is 2.66. The number of nitrogens with one attached hydrogen (secondary N) is 3. The van der Waals surface area contributed by atoms with E-state index in [1.165, 1.54) is 6.20 Å². The lowest BCUT2D eigenvalue weighted by atomic mass is 10.1. The van der Waals surface area contributed by atoms with Gasteiger partial charge >= 0.3 is 5.69 Å². The van der Waals surface area contributed by atoms with E-state index < -0.39 is 0 Å². The van der Waals surface area contributed by atoms with Gasteiger partial charge < -0.3 is 5.32 Å². The van der Waals surface area contributed by atoms with Gasteiger partial charge in [0.1, 0.15) is 5.82 Å². The lowest BCUT2D eigenvalue weighted by molar-refractivity contribution is 0.456. The molecule has 0 unspecified atom stereocenters. The highest BCUT2D eigenvalue weighted by Gasteiger charge is 2.26. The molecule has 0 saturated heterocycles. The van der Waals surface area contributed by atoms with Crippen molar-refractivity contribution >= 4 is 23.0 Å². The van der Waals surface area contributed by atoms with Crippen molar-refractivity contribution in [3.05, 3.63) is 38.5 Å². The first-order valence-electron chi connectivity index (χ1n) is 6.39. The van der Waals surface area contributed by atoms with Crippen molar-refractivity contribution in [3.63, 3.8) is 0 Å². The fraction of sp³-hybridized carbons (Fsp3) is 0.417. The first kappa shape index (κ1) is 14.4. The van der Waals surface area contributed by atoms with Gasteiger partial charge in [-0.25, -0.2) is 10.2 Å². The average molecular weight is 298 g/mol. The summed E-state index contributed by atoms with van der Waals surface area (Å²) < 4.78 is 1.66. The van der Waals surface area contributed by atoms with Crippen LogP contribution in [0, 0.1) is 4.91 Å². The van der Waals surface area contributed by atoms with E-state index in [-0.39, 0.29) is 11.7 Å². The Hall–Kier alpha value is -2.02. The molecular formula is C12H16ClN5O2. The highest BCUT2D eigenvalue weighted by molar-refractivity contribution is 6.37. The second-order valence-corrected chi connectivity index (χ2v) is 4.82. The molecule has 0 spiro atoms. The minimum Gasteiger partial charge on any atom is -0.345 e. The van der Waals surface area contributed by atoms with Crippen LogP contribution in [0.1, 0.15) is 38.4 Å². The van der Waals surface area contributed by atoms with Crippen LogP contribution in [-0.2, 0) is 0 Å². The minimum atomic E-state index is -0.207. The zero-order chi connectivity index (χ0) is 14.7. The fourth-order valence-corrected chi connectivity index (χ4v) is 2.57. The Morgan fingerprint density at radius 2 is 2.20 bits per heavy atom. The number of nitroso groups, excluding NO2 is 1. The molecule has 2 rings (SSSR count). The lowest BCUT2D eigenvalue weighted by Gasteiger charge is -2.21. The summed E-state index contributed by atoms with van der Waals surface area (Å²) in [6, 6.07) is 0.0551. The van der Waals surface area contributed by atoms with E-state index in [2.05, 4.69) is 21.0 Å². The Labute approximate surface area is 120 Å². The maximum atomic E-state index is 12.2. The van der Waals surface area contributed by atoms with Crippen LogP contribution in [0.3, 0.4) is 0 Å². The van der Waals surface area contributed by atoms with Gasteiger partial charge in [-0.05, 0) is 12.8 Å². The zero-order valence-corrected chi connectivity index (χ0v) is 12.0. The zero-order valence-electron chi connectivity index (χ0n) is 11.2. The van der Waals surface area contributed by atoms with Crippen LogP contribution < -0.4 is 16.4 Å². The SMILES string of the molecule is CCC(CC)n1c2c([nH]c1=O)NC=C(Cl)C2=CNN=O. The van der Waals surface area contributed by atoms with Crippen LogP contribution in [0.15, 0.2) is 27.5 Å². The van der Waals surface area contributed by atoms with Crippen molar-refractivity contribution in [2.45, 2.75) is 32.7 Å². The van der Waals surface area contributed by atoms with Gasteiger partial charge in [-0.3, -0.25) is 9.55 Å². The van der Waals surface area contributed by atoms with E-state index in [1.807, 2.05) is 13.8 Å². The maximum Gasteiger partial charge on any atom is 0.327 e. The van der Waals surface area contributed by atoms with Crippen LogP contribution in [0.2, 0.25) is 0 Å². The highest BCUT2D eigenvalue weighted by atomic mass is 35.5. The molecule has 108 valence electrons. The predicted molar refractivity (Wildman–Crippen MR) is 79.1 cm³/mol. The van der Waals surface area contributed by atoms with Gasteiger partial charge in [0.25, 0.3) is 0 Å². The number of aromatic nitrogens is 2. The summed E-state index contributed by atoms with van der Waals surface area (Å²) in [7, 11) is 0. The van der Waals surface area contributed by atoms with E-state index in [0.717, 1.165) is 12.8 Å². The molecule has 0 radical (unpaired) electrons. The van der Waals surface area contributed by atoms with Gasteiger partial charge in [-0.2, -0.15) is 0 Å². The molecule has 0 fully saturated rings. The molecule has 7 nitrogen and oxygen atoms in total. The van der Waals surface area contributed by atoms with Gasteiger partial charge in [-0.15, -0.1) is 4.91 Å². The normalized spacial score (nSPS) is 15.8. The van der Waals surface area contributed by atoms with Gasteiger partial charge in [-0.1, -0.05) is 25.4 Å². The molecule has 0 bridgehead atoms. The number of halogens is 1. The number of allylic oxidation sites excluding steroid dienone is 2. The monoisotopic (exact) mass is 297 g/mol. The van der Waals surface area contributed by atoms with Gasteiger partial charge in [0.15, 0.2) is 0 Å². The van der Waals surface area contributed by atoms with Crippen molar-refractivity contribution in [1.29, 1.82) is 0 Å². The summed E-state index contributed by atoms with van der Waals surface area (Å²) >= 11 is 6.14. The second kappa shape index (κ2) is 5.96. The van der Waals surface area contributed by atoms with E-state index in [1.54, 1.807) is 10.8 Å². The molecule has 1 aromatic rings. The number of fused-ring (bicyclic) bond motifs is 1.